The number of aromatic nitrogens is 2. The smallest absolute Gasteiger partial charge is 0.321 e. The van der Waals surface area contributed by atoms with Gasteiger partial charge in [0.2, 0.25) is 5.13 Å². The van der Waals surface area contributed by atoms with Gasteiger partial charge in [0.25, 0.3) is 0 Å². The van der Waals surface area contributed by atoms with Crippen molar-refractivity contribution in [1.82, 2.24) is 20.8 Å². The fourth-order valence-corrected chi connectivity index (χ4v) is 3.32. The molecule has 1 heterocycles. The van der Waals surface area contributed by atoms with Crippen LogP contribution in [0.4, 0.5) is 9.93 Å². The van der Waals surface area contributed by atoms with Gasteiger partial charge in [0.1, 0.15) is 5.01 Å². The van der Waals surface area contributed by atoms with E-state index in [1.165, 1.54) is 16.9 Å². The topological polar surface area (TPSA) is 131 Å². The minimum absolute atomic E-state index is 0.117. The molecule has 0 aliphatic carbocycles. The molecule has 0 aliphatic heterocycles. The molecule has 2 amide bonds. The van der Waals surface area contributed by atoms with Crippen LogP contribution in [0.1, 0.15) is 36.8 Å². The lowest BCUT2D eigenvalue weighted by molar-refractivity contribution is 0.243. The lowest BCUT2D eigenvalue weighted by Gasteiger charge is -2.13. The summed E-state index contributed by atoms with van der Waals surface area (Å²) in [6, 6.07) is 10.1. The largest absolute Gasteiger partial charge is 0.374 e. The fourth-order valence-electron chi connectivity index (χ4n) is 2.67. The number of rotatable bonds is 10. The van der Waals surface area contributed by atoms with Crippen LogP contribution in [0.25, 0.3) is 0 Å². The number of hydrogen-bond donors (Lipinski definition) is 4. The Labute approximate surface area is 169 Å². The predicted molar refractivity (Wildman–Crippen MR) is 114 cm³/mol. The van der Waals surface area contributed by atoms with Crippen LogP contribution < -0.4 is 22.1 Å². The van der Waals surface area contributed by atoms with E-state index in [0.29, 0.717) is 24.1 Å². The first-order chi connectivity index (χ1) is 13.5. The molecule has 1 atom stereocenters. The zero-order chi connectivity index (χ0) is 20.2. The molecule has 6 N–H and O–H groups in total. The molecule has 0 aliphatic rings. The zero-order valence-electron chi connectivity index (χ0n) is 16.2. The van der Waals surface area contributed by atoms with E-state index in [-0.39, 0.29) is 12.0 Å². The third-order valence-electron chi connectivity index (χ3n) is 4.17. The van der Waals surface area contributed by atoms with E-state index in [0.717, 1.165) is 37.1 Å². The second-order valence-electron chi connectivity index (χ2n) is 6.72. The normalized spacial score (nSPS) is 12.5. The minimum atomic E-state index is -0.326. The van der Waals surface area contributed by atoms with Crippen LogP contribution in [-0.2, 0) is 12.8 Å². The Bertz CT molecular complexity index is 748. The highest BCUT2D eigenvalue weighted by molar-refractivity contribution is 7.15. The molecular formula is C19H29N7OS. The third kappa shape index (κ3) is 8.81. The predicted octanol–water partition coefficient (Wildman–Crippen LogP) is 2.33. The second kappa shape index (κ2) is 11.9. The van der Waals surface area contributed by atoms with Gasteiger partial charge in [0, 0.05) is 19.5 Å². The Balaban J connectivity index is 1.55. The highest BCUT2D eigenvalue weighted by atomic mass is 32.1. The summed E-state index contributed by atoms with van der Waals surface area (Å²) in [4.78, 5) is 16.0. The van der Waals surface area contributed by atoms with E-state index in [1.807, 2.05) is 6.07 Å². The van der Waals surface area contributed by atoms with Gasteiger partial charge in [0.15, 0.2) is 5.96 Å². The molecule has 2 rings (SSSR count). The number of nitrogens with one attached hydrogen (secondary N) is 2. The number of aryl methyl sites for hydroxylation is 2. The summed E-state index contributed by atoms with van der Waals surface area (Å²) in [6.45, 7) is 3.23. The highest BCUT2D eigenvalue weighted by Gasteiger charge is 2.07. The van der Waals surface area contributed by atoms with Crippen molar-refractivity contribution in [3.8, 4) is 0 Å². The average Bonchev–Trinajstić information content (AvgIpc) is 3.09. The molecule has 152 valence electrons. The van der Waals surface area contributed by atoms with Crippen molar-refractivity contribution in [2.75, 3.05) is 18.8 Å². The van der Waals surface area contributed by atoms with E-state index in [1.54, 1.807) is 0 Å². The molecule has 2 aromatic rings. The number of nitrogen functional groups attached to an aromatic ring is 1. The first-order valence-corrected chi connectivity index (χ1v) is 10.3. The summed E-state index contributed by atoms with van der Waals surface area (Å²) in [5.74, 6) is 0.512. The molecule has 1 aromatic heterocycles. The second-order valence-corrected chi connectivity index (χ2v) is 7.82. The standard InChI is InChI=1S/C19H29N7OS/c1-14(7-5-10-15-8-3-2-4-9-15)13-23-19(27)24-17(20)22-12-6-11-16-25-26-18(21)28-16/h2-4,8-9,14H,5-7,10-13H2,1H3,(H2,21,26)(H4,20,22,23,24,27). The number of carbonyl (C=O) groups is 1. The highest BCUT2D eigenvalue weighted by Crippen LogP contribution is 2.12. The van der Waals surface area contributed by atoms with Crippen LogP contribution in [0.15, 0.2) is 35.3 Å². The summed E-state index contributed by atoms with van der Waals surface area (Å²) in [5, 5.41) is 14.4. The average molecular weight is 404 g/mol. The van der Waals surface area contributed by atoms with Crippen LogP contribution in [0.3, 0.4) is 0 Å². The lowest BCUT2D eigenvalue weighted by Crippen LogP contribution is -2.44. The van der Waals surface area contributed by atoms with Gasteiger partial charge in [-0.25, -0.2) is 4.79 Å². The Morgan fingerprint density at radius 3 is 2.71 bits per heavy atom. The van der Waals surface area contributed by atoms with Gasteiger partial charge in [-0.15, -0.1) is 10.2 Å². The van der Waals surface area contributed by atoms with E-state index in [2.05, 4.69) is 57.0 Å². The molecule has 1 unspecified atom stereocenters. The number of nitrogens with two attached hydrogens (primary N) is 2. The third-order valence-corrected chi connectivity index (χ3v) is 4.98. The number of urea groups is 1. The number of anilines is 1. The molecule has 0 bridgehead atoms. The Morgan fingerprint density at radius 1 is 1.21 bits per heavy atom. The van der Waals surface area contributed by atoms with Gasteiger partial charge in [-0.05, 0) is 37.2 Å². The maximum absolute atomic E-state index is 11.9. The maximum Gasteiger partial charge on any atom is 0.321 e. The summed E-state index contributed by atoms with van der Waals surface area (Å²) < 4.78 is 0. The summed E-state index contributed by atoms with van der Waals surface area (Å²) in [6.07, 6.45) is 4.70. The number of amides is 2. The molecule has 9 heteroatoms. The Morgan fingerprint density at radius 2 is 2.00 bits per heavy atom. The SMILES string of the molecule is CC(CCCc1ccccc1)CNC(=O)NC(N)=NCCCc1nnc(N)s1. The molecule has 0 saturated heterocycles. The van der Waals surface area contributed by atoms with Crippen molar-refractivity contribution in [3.63, 3.8) is 0 Å². The Kier molecular flexibility index (Phi) is 9.20. The van der Waals surface area contributed by atoms with E-state index in [9.17, 15) is 4.79 Å². The van der Waals surface area contributed by atoms with Crippen molar-refractivity contribution in [2.45, 2.75) is 39.0 Å². The monoisotopic (exact) mass is 403 g/mol. The number of aliphatic imine (C=N–C) groups is 1. The molecule has 1 aromatic carbocycles. The number of carbonyl (C=O) groups excluding carboxylic acids is 1. The van der Waals surface area contributed by atoms with Gasteiger partial charge in [-0.2, -0.15) is 0 Å². The van der Waals surface area contributed by atoms with Crippen molar-refractivity contribution in [2.24, 2.45) is 16.6 Å². The summed E-state index contributed by atoms with van der Waals surface area (Å²) >= 11 is 1.37. The van der Waals surface area contributed by atoms with Gasteiger partial charge >= 0.3 is 6.03 Å². The fraction of sp³-hybridized carbons (Fsp3) is 0.474. The van der Waals surface area contributed by atoms with Crippen molar-refractivity contribution < 1.29 is 4.79 Å². The molecule has 28 heavy (non-hydrogen) atoms. The van der Waals surface area contributed by atoms with Crippen LogP contribution >= 0.6 is 11.3 Å². The van der Waals surface area contributed by atoms with Crippen molar-refractivity contribution in [3.05, 3.63) is 40.9 Å². The first-order valence-electron chi connectivity index (χ1n) is 9.49. The molecule has 0 fully saturated rings. The maximum atomic E-state index is 11.9. The number of hydrogen-bond acceptors (Lipinski definition) is 6. The zero-order valence-corrected chi connectivity index (χ0v) is 17.0. The van der Waals surface area contributed by atoms with E-state index >= 15 is 0 Å². The van der Waals surface area contributed by atoms with Crippen LogP contribution in [0.5, 0.6) is 0 Å². The van der Waals surface area contributed by atoms with E-state index < -0.39 is 0 Å². The first kappa shape index (κ1) is 21.6. The Hall–Kier alpha value is -2.68. The quantitative estimate of drug-likeness (QED) is 0.275. The van der Waals surface area contributed by atoms with Gasteiger partial charge in [-0.1, -0.05) is 48.6 Å². The van der Waals surface area contributed by atoms with E-state index in [4.69, 9.17) is 11.5 Å². The van der Waals surface area contributed by atoms with Gasteiger partial charge in [0.05, 0.1) is 0 Å². The van der Waals surface area contributed by atoms with Crippen molar-refractivity contribution >= 4 is 28.5 Å². The number of nitrogens with zero attached hydrogens (tertiary/aromatic N) is 3. The number of guanidine groups is 1. The van der Waals surface area contributed by atoms with Crippen LogP contribution in [-0.4, -0.2) is 35.3 Å². The minimum Gasteiger partial charge on any atom is -0.374 e. The summed E-state index contributed by atoms with van der Waals surface area (Å²) in [7, 11) is 0. The van der Waals surface area contributed by atoms with Gasteiger partial charge in [-0.3, -0.25) is 10.3 Å². The lowest BCUT2D eigenvalue weighted by atomic mass is 10.0. The number of benzene rings is 1. The molecule has 0 spiro atoms. The van der Waals surface area contributed by atoms with Gasteiger partial charge < -0.3 is 16.8 Å². The molecule has 0 radical (unpaired) electrons. The molecule has 0 saturated carbocycles. The van der Waals surface area contributed by atoms with Crippen molar-refractivity contribution in [1.29, 1.82) is 0 Å². The molecule has 8 nitrogen and oxygen atoms in total. The van der Waals surface area contributed by atoms with Crippen LogP contribution in [0, 0.1) is 5.92 Å². The van der Waals surface area contributed by atoms with Crippen LogP contribution in [0.2, 0.25) is 0 Å². The summed E-state index contributed by atoms with van der Waals surface area (Å²) in [5.41, 5.74) is 12.6. The molecular weight excluding hydrogens is 374 g/mol.